The quantitative estimate of drug-likeness (QED) is 0.368. The number of benzene rings is 2. The summed E-state index contributed by atoms with van der Waals surface area (Å²) in [4.78, 5) is 22.3. The molecule has 1 N–H and O–H groups in total. The lowest BCUT2D eigenvalue weighted by Gasteiger charge is -2.00. The molecule has 0 aliphatic rings. The van der Waals surface area contributed by atoms with Crippen LogP contribution in [0.2, 0.25) is 0 Å². The van der Waals surface area contributed by atoms with Crippen molar-refractivity contribution in [1.82, 2.24) is 10.2 Å². The Morgan fingerprint density at radius 1 is 1.17 bits per heavy atom. The van der Waals surface area contributed by atoms with E-state index in [1.807, 2.05) is 0 Å². The highest BCUT2D eigenvalue weighted by atomic mass is 32.2. The zero-order chi connectivity index (χ0) is 21.0. The van der Waals surface area contributed by atoms with E-state index < -0.39 is 20.7 Å². The number of hydrogen-bond donors (Lipinski definition) is 1. The zero-order valence-electron chi connectivity index (χ0n) is 15.0. The molecule has 11 heteroatoms. The number of hydrogen-bond acceptors (Lipinski definition) is 8. The fourth-order valence-corrected chi connectivity index (χ4v) is 2.98. The predicted molar refractivity (Wildman–Crippen MR) is 104 cm³/mol. The summed E-state index contributed by atoms with van der Waals surface area (Å²) in [7, 11) is -3.40. The van der Waals surface area contributed by atoms with Gasteiger partial charge in [0.25, 0.3) is 11.6 Å². The van der Waals surface area contributed by atoms with Crippen molar-refractivity contribution in [2.24, 2.45) is 0 Å². The molecule has 0 spiro atoms. The Morgan fingerprint density at radius 3 is 2.66 bits per heavy atom. The molecular weight excluding hydrogens is 400 g/mol. The Kier molecular flexibility index (Phi) is 5.50. The normalized spacial score (nSPS) is 11.5. The number of carbonyl (C=O) groups is 1. The minimum absolute atomic E-state index is 0.0356. The number of anilines is 1. The first-order valence-corrected chi connectivity index (χ1v) is 9.99. The van der Waals surface area contributed by atoms with Gasteiger partial charge in [0.1, 0.15) is 0 Å². The van der Waals surface area contributed by atoms with Crippen LogP contribution in [0.5, 0.6) is 0 Å². The highest BCUT2D eigenvalue weighted by Gasteiger charge is 2.13. The summed E-state index contributed by atoms with van der Waals surface area (Å²) in [6.07, 6.45) is 3.64. The number of nitro benzene ring substituents is 1. The van der Waals surface area contributed by atoms with Crippen LogP contribution in [-0.4, -0.2) is 35.7 Å². The molecule has 1 amide bonds. The first kappa shape index (κ1) is 19.9. The molecule has 0 saturated carbocycles. The van der Waals surface area contributed by atoms with Gasteiger partial charge in [0.15, 0.2) is 9.84 Å². The highest BCUT2D eigenvalue weighted by Crippen LogP contribution is 2.23. The number of rotatable bonds is 6. The second-order valence-electron chi connectivity index (χ2n) is 5.89. The first-order valence-electron chi connectivity index (χ1n) is 8.10. The summed E-state index contributed by atoms with van der Waals surface area (Å²) in [6, 6.07) is 11.6. The van der Waals surface area contributed by atoms with Crippen molar-refractivity contribution in [3.63, 3.8) is 0 Å². The topological polar surface area (TPSA) is 145 Å². The van der Waals surface area contributed by atoms with Gasteiger partial charge in [-0.15, -0.1) is 5.10 Å². The third-order valence-electron chi connectivity index (χ3n) is 3.67. The molecule has 1 heterocycles. The molecule has 0 bridgehead atoms. The zero-order valence-corrected chi connectivity index (χ0v) is 15.8. The third-order valence-corrected chi connectivity index (χ3v) is 4.78. The molecule has 3 rings (SSSR count). The van der Waals surface area contributed by atoms with Crippen molar-refractivity contribution < 1.29 is 22.6 Å². The molecule has 10 nitrogen and oxygen atoms in total. The number of sulfone groups is 1. The van der Waals surface area contributed by atoms with Crippen LogP contribution in [-0.2, 0) is 14.6 Å². The van der Waals surface area contributed by atoms with E-state index in [1.54, 1.807) is 12.1 Å². The monoisotopic (exact) mass is 414 g/mol. The first-order chi connectivity index (χ1) is 13.7. The van der Waals surface area contributed by atoms with Crippen LogP contribution in [0.4, 0.5) is 11.7 Å². The van der Waals surface area contributed by atoms with Gasteiger partial charge in [0.05, 0.1) is 9.82 Å². The average molecular weight is 414 g/mol. The number of nitrogens with zero attached hydrogens (tertiary/aromatic N) is 3. The second kappa shape index (κ2) is 8.02. The van der Waals surface area contributed by atoms with Crippen molar-refractivity contribution in [3.05, 3.63) is 70.3 Å². The van der Waals surface area contributed by atoms with E-state index >= 15 is 0 Å². The average Bonchev–Trinajstić information content (AvgIpc) is 3.14. The molecule has 2 aromatic carbocycles. The van der Waals surface area contributed by atoms with Crippen LogP contribution < -0.4 is 5.32 Å². The molecule has 0 aliphatic heterocycles. The Hall–Kier alpha value is -3.86. The van der Waals surface area contributed by atoms with Crippen molar-refractivity contribution in [2.75, 3.05) is 11.6 Å². The molecule has 148 valence electrons. The fourth-order valence-electron chi connectivity index (χ4n) is 2.31. The number of nitro groups is 1. The lowest BCUT2D eigenvalue weighted by Crippen LogP contribution is -2.07. The Morgan fingerprint density at radius 2 is 1.93 bits per heavy atom. The van der Waals surface area contributed by atoms with Crippen LogP contribution >= 0.6 is 0 Å². The Balaban J connectivity index is 1.71. The maximum atomic E-state index is 12.0. The summed E-state index contributed by atoms with van der Waals surface area (Å²) in [5, 5.41) is 20.6. The molecule has 0 saturated heterocycles. The number of aromatic nitrogens is 2. The second-order valence-corrected chi connectivity index (χ2v) is 7.90. The molecular formula is C18H14N4O6S. The number of amides is 1. The minimum atomic E-state index is -3.40. The highest BCUT2D eigenvalue weighted by molar-refractivity contribution is 7.90. The Labute approximate surface area is 165 Å². The van der Waals surface area contributed by atoms with Crippen molar-refractivity contribution >= 4 is 33.5 Å². The maximum absolute atomic E-state index is 12.0. The molecule has 0 aliphatic carbocycles. The van der Waals surface area contributed by atoms with E-state index in [9.17, 15) is 23.3 Å². The van der Waals surface area contributed by atoms with Gasteiger partial charge in [-0.25, -0.2) is 8.42 Å². The number of non-ortho nitro benzene ring substituents is 1. The summed E-state index contributed by atoms with van der Waals surface area (Å²) < 4.78 is 28.6. The van der Waals surface area contributed by atoms with Crippen molar-refractivity contribution in [1.29, 1.82) is 0 Å². The van der Waals surface area contributed by atoms with Gasteiger partial charge in [-0.05, 0) is 29.8 Å². The Bertz CT molecular complexity index is 1220. The van der Waals surface area contributed by atoms with Gasteiger partial charge < -0.3 is 4.42 Å². The van der Waals surface area contributed by atoms with Crippen LogP contribution in [0.25, 0.3) is 17.5 Å². The molecule has 0 unspecified atom stereocenters. The van der Waals surface area contributed by atoms with Crippen LogP contribution in [0.15, 0.2) is 63.9 Å². The van der Waals surface area contributed by atoms with Gasteiger partial charge in [0.2, 0.25) is 5.89 Å². The SMILES string of the molecule is CS(=O)(=O)c1cccc(-c2nnc(NC(=O)C=Cc3cccc([N+](=O)[O-])c3)o2)c1. The van der Waals surface area contributed by atoms with E-state index in [0.29, 0.717) is 11.1 Å². The summed E-state index contributed by atoms with van der Waals surface area (Å²) >= 11 is 0. The molecule has 3 aromatic rings. The van der Waals surface area contributed by atoms with Crippen molar-refractivity contribution in [2.45, 2.75) is 4.90 Å². The van der Waals surface area contributed by atoms with Crippen LogP contribution in [0.1, 0.15) is 5.56 Å². The summed E-state index contributed by atoms with van der Waals surface area (Å²) in [6.45, 7) is 0. The summed E-state index contributed by atoms with van der Waals surface area (Å²) in [5.41, 5.74) is 0.761. The van der Waals surface area contributed by atoms with Gasteiger partial charge >= 0.3 is 6.01 Å². The van der Waals surface area contributed by atoms with Crippen LogP contribution in [0, 0.1) is 10.1 Å². The molecule has 0 atom stereocenters. The fraction of sp³-hybridized carbons (Fsp3) is 0.0556. The standard InChI is InChI=1S/C18H14N4O6S/c1-29(26,27)15-7-3-5-13(11-15)17-20-21-18(28-17)19-16(23)9-8-12-4-2-6-14(10-12)22(24)25/h2-11H,1H3,(H,19,21,23). The van der Waals surface area contributed by atoms with Gasteiger partial charge in [-0.3, -0.25) is 20.2 Å². The molecule has 29 heavy (non-hydrogen) atoms. The van der Waals surface area contributed by atoms with E-state index in [1.165, 1.54) is 42.5 Å². The van der Waals surface area contributed by atoms with Gasteiger partial charge in [0, 0.05) is 30.0 Å². The minimum Gasteiger partial charge on any atom is -0.403 e. The van der Waals surface area contributed by atoms with Crippen LogP contribution in [0.3, 0.4) is 0 Å². The number of nitrogens with one attached hydrogen (secondary N) is 1. The molecule has 1 aromatic heterocycles. The third kappa shape index (κ3) is 5.11. The lowest BCUT2D eigenvalue weighted by molar-refractivity contribution is -0.384. The van der Waals surface area contributed by atoms with Crippen molar-refractivity contribution in [3.8, 4) is 11.5 Å². The van der Waals surface area contributed by atoms with Gasteiger partial charge in [-0.2, -0.15) is 0 Å². The number of carbonyl (C=O) groups excluding carboxylic acids is 1. The van der Waals surface area contributed by atoms with E-state index in [4.69, 9.17) is 4.42 Å². The van der Waals surface area contributed by atoms with E-state index in [2.05, 4.69) is 15.5 Å². The largest absolute Gasteiger partial charge is 0.403 e. The van der Waals surface area contributed by atoms with E-state index in [-0.39, 0.29) is 22.5 Å². The van der Waals surface area contributed by atoms with E-state index in [0.717, 1.165) is 12.3 Å². The predicted octanol–water partition coefficient (Wildman–Crippen LogP) is 2.70. The maximum Gasteiger partial charge on any atom is 0.322 e. The van der Waals surface area contributed by atoms with Gasteiger partial charge in [-0.1, -0.05) is 23.3 Å². The lowest BCUT2D eigenvalue weighted by atomic mass is 10.2. The molecule has 0 radical (unpaired) electrons. The smallest absolute Gasteiger partial charge is 0.322 e. The molecule has 0 fully saturated rings. The summed E-state index contributed by atoms with van der Waals surface area (Å²) in [5.74, 6) is -0.551.